The predicted molar refractivity (Wildman–Crippen MR) is 98.7 cm³/mol. The zero-order chi connectivity index (χ0) is 16.5. The lowest BCUT2D eigenvalue weighted by atomic mass is 9.96. The summed E-state index contributed by atoms with van der Waals surface area (Å²) >= 11 is 0. The first-order valence-electron chi connectivity index (χ1n) is 8.68. The third-order valence-corrected chi connectivity index (χ3v) is 5.10. The van der Waals surface area contributed by atoms with Crippen molar-refractivity contribution in [1.82, 2.24) is 9.88 Å². The van der Waals surface area contributed by atoms with Gasteiger partial charge in [0.15, 0.2) is 0 Å². The number of aryl methyl sites for hydroxylation is 1. The van der Waals surface area contributed by atoms with Gasteiger partial charge in [0.1, 0.15) is 12.4 Å². The Bertz CT molecular complexity index is 838. The van der Waals surface area contributed by atoms with Crippen molar-refractivity contribution in [3.63, 3.8) is 0 Å². The number of aromatic nitrogens is 1. The van der Waals surface area contributed by atoms with Gasteiger partial charge in [-0.25, -0.2) is 0 Å². The van der Waals surface area contributed by atoms with Crippen LogP contribution in [0, 0.1) is 6.92 Å². The molecule has 124 valence electrons. The molecule has 1 atom stereocenters. The summed E-state index contributed by atoms with van der Waals surface area (Å²) in [4.78, 5) is 5.89. The van der Waals surface area contributed by atoms with E-state index in [4.69, 9.17) is 4.74 Å². The Morgan fingerprint density at radius 3 is 2.75 bits per heavy atom. The van der Waals surface area contributed by atoms with E-state index in [9.17, 15) is 0 Å². The molecule has 3 nitrogen and oxygen atoms in total. The van der Waals surface area contributed by atoms with Gasteiger partial charge in [-0.1, -0.05) is 36.4 Å². The number of nitrogens with one attached hydrogen (secondary N) is 1. The fourth-order valence-electron chi connectivity index (χ4n) is 3.75. The monoisotopic (exact) mass is 320 g/mol. The molecule has 1 unspecified atom stereocenters. The second-order valence-electron chi connectivity index (χ2n) is 6.90. The molecule has 0 bridgehead atoms. The number of ether oxygens (including phenoxy) is 1. The zero-order valence-corrected chi connectivity index (χ0v) is 14.4. The minimum Gasteiger partial charge on any atom is -0.488 e. The number of fused-ring (bicyclic) bond motifs is 1. The quantitative estimate of drug-likeness (QED) is 0.768. The summed E-state index contributed by atoms with van der Waals surface area (Å²) in [5.41, 5.74) is 5.09. The highest BCUT2D eigenvalue weighted by molar-refractivity contribution is 5.92. The van der Waals surface area contributed by atoms with E-state index in [2.05, 4.69) is 66.5 Å². The van der Waals surface area contributed by atoms with Crippen LogP contribution in [0.2, 0.25) is 0 Å². The van der Waals surface area contributed by atoms with Crippen molar-refractivity contribution >= 4 is 10.9 Å². The van der Waals surface area contributed by atoms with E-state index in [1.165, 1.54) is 40.6 Å². The van der Waals surface area contributed by atoms with E-state index < -0.39 is 0 Å². The first kappa shape index (κ1) is 15.3. The van der Waals surface area contributed by atoms with Crippen LogP contribution in [-0.2, 0) is 6.61 Å². The highest BCUT2D eigenvalue weighted by Crippen LogP contribution is 2.38. The van der Waals surface area contributed by atoms with Crippen molar-refractivity contribution in [2.45, 2.75) is 25.9 Å². The van der Waals surface area contributed by atoms with E-state index in [1.54, 1.807) is 0 Å². The molecule has 2 aromatic carbocycles. The van der Waals surface area contributed by atoms with E-state index in [-0.39, 0.29) is 0 Å². The van der Waals surface area contributed by atoms with Crippen molar-refractivity contribution < 1.29 is 4.74 Å². The minimum absolute atomic E-state index is 0.588. The molecule has 1 fully saturated rings. The average Bonchev–Trinajstić information content (AvgIpc) is 3.22. The van der Waals surface area contributed by atoms with E-state index in [0.717, 1.165) is 12.3 Å². The third-order valence-electron chi connectivity index (χ3n) is 5.10. The fourth-order valence-corrected chi connectivity index (χ4v) is 3.75. The molecule has 4 rings (SSSR count). The summed E-state index contributed by atoms with van der Waals surface area (Å²) in [5, 5.41) is 1.27. The van der Waals surface area contributed by atoms with E-state index >= 15 is 0 Å². The molecular weight excluding hydrogens is 296 g/mol. The van der Waals surface area contributed by atoms with Gasteiger partial charge in [0, 0.05) is 24.0 Å². The van der Waals surface area contributed by atoms with Crippen LogP contribution < -0.4 is 4.74 Å². The highest BCUT2D eigenvalue weighted by Gasteiger charge is 2.25. The summed E-state index contributed by atoms with van der Waals surface area (Å²) in [5.74, 6) is 1.58. The first-order chi connectivity index (χ1) is 11.7. The van der Waals surface area contributed by atoms with Gasteiger partial charge in [-0.2, -0.15) is 0 Å². The lowest BCUT2D eigenvalue weighted by molar-refractivity contribution is 0.310. The molecule has 0 amide bonds. The number of rotatable bonds is 4. The van der Waals surface area contributed by atoms with E-state index in [0.29, 0.717) is 12.5 Å². The van der Waals surface area contributed by atoms with E-state index in [1.807, 2.05) is 6.07 Å². The third kappa shape index (κ3) is 2.80. The van der Waals surface area contributed by atoms with Crippen LogP contribution in [0.5, 0.6) is 5.75 Å². The molecule has 2 heterocycles. The van der Waals surface area contributed by atoms with Crippen LogP contribution in [-0.4, -0.2) is 30.0 Å². The van der Waals surface area contributed by atoms with Gasteiger partial charge in [-0.15, -0.1) is 0 Å². The van der Waals surface area contributed by atoms with Crippen molar-refractivity contribution in [3.8, 4) is 5.75 Å². The first-order valence-corrected chi connectivity index (χ1v) is 8.68. The second-order valence-corrected chi connectivity index (χ2v) is 6.90. The molecule has 3 aromatic rings. The summed E-state index contributed by atoms with van der Waals surface area (Å²) in [7, 11) is 2.20. The Hall–Kier alpha value is -2.26. The molecule has 1 aromatic heterocycles. The van der Waals surface area contributed by atoms with Crippen LogP contribution in [0.1, 0.15) is 29.0 Å². The number of hydrogen-bond donors (Lipinski definition) is 1. The van der Waals surface area contributed by atoms with Crippen LogP contribution in [0.4, 0.5) is 0 Å². The molecule has 0 aliphatic carbocycles. The van der Waals surface area contributed by atoms with Crippen molar-refractivity contribution in [3.05, 3.63) is 65.4 Å². The number of hydrogen-bond acceptors (Lipinski definition) is 2. The van der Waals surface area contributed by atoms with Crippen molar-refractivity contribution in [1.29, 1.82) is 0 Å². The Morgan fingerprint density at radius 2 is 2.00 bits per heavy atom. The molecule has 1 aliphatic rings. The Morgan fingerprint density at radius 1 is 1.17 bits per heavy atom. The molecule has 24 heavy (non-hydrogen) atoms. The Balaban J connectivity index is 1.69. The summed E-state index contributed by atoms with van der Waals surface area (Å²) in [6.45, 7) is 5.06. The molecule has 1 aliphatic heterocycles. The number of likely N-dealkylation sites (tertiary alicyclic amines) is 1. The van der Waals surface area contributed by atoms with Crippen molar-refractivity contribution in [2.75, 3.05) is 20.1 Å². The standard InChI is InChI=1S/C21H24N2O/c1-15-8-9-19(24-14-16-6-4-3-5-7-16)20-18(12-22-21(15)20)17-10-11-23(2)13-17/h3-9,12,17,22H,10-11,13-14H2,1-2H3. The van der Waals surface area contributed by atoms with Gasteiger partial charge in [0.2, 0.25) is 0 Å². The number of benzene rings is 2. The van der Waals surface area contributed by atoms with Gasteiger partial charge in [0.25, 0.3) is 0 Å². The maximum absolute atomic E-state index is 6.21. The zero-order valence-electron chi connectivity index (χ0n) is 14.4. The van der Waals surface area contributed by atoms with Crippen LogP contribution in [0.3, 0.4) is 0 Å². The van der Waals surface area contributed by atoms with Crippen molar-refractivity contribution in [2.24, 2.45) is 0 Å². The largest absolute Gasteiger partial charge is 0.488 e. The highest BCUT2D eigenvalue weighted by atomic mass is 16.5. The van der Waals surface area contributed by atoms with Crippen LogP contribution in [0.25, 0.3) is 10.9 Å². The lowest BCUT2D eigenvalue weighted by Crippen LogP contribution is -2.13. The normalized spacial score (nSPS) is 18.3. The fraction of sp³-hybridized carbons (Fsp3) is 0.333. The minimum atomic E-state index is 0.588. The number of likely N-dealkylation sites (N-methyl/N-ethyl adjacent to an activating group) is 1. The van der Waals surface area contributed by atoms with Gasteiger partial charge in [-0.05, 0) is 49.7 Å². The molecule has 0 saturated carbocycles. The summed E-state index contributed by atoms with van der Waals surface area (Å²) < 4.78 is 6.21. The topological polar surface area (TPSA) is 28.3 Å². The van der Waals surface area contributed by atoms with Gasteiger partial charge in [-0.3, -0.25) is 0 Å². The van der Waals surface area contributed by atoms with Crippen LogP contribution >= 0.6 is 0 Å². The molecular formula is C21H24N2O. The number of nitrogens with zero attached hydrogens (tertiary/aromatic N) is 1. The molecule has 3 heteroatoms. The second kappa shape index (κ2) is 6.33. The number of aromatic amines is 1. The molecule has 1 saturated heterocycles. The van der Waals surface area contributed by atoms with Gasteiger partial charge in [0.05, 0.1) is 5.52 Å². The lowest BCUT2D eigenvalue weighted by Gasteiger charge is -2.14. The summed E-state index contributed by atoms with van der Waals surface area (Å²) in [6, 6.07) is 14.6. The Labute approximate surface area is 143 Å². The van der Waals surface area contributed by atoms with Crippen LogP contribution in [0.15, 0.2) is 48.7 Å². The smallest absolute Gasteiger partial charge is 0.129 e. The maximum atomic E-state index is 6.21. The summed E-state index contributed by atoms with van der Waals surface area (Å²) in [6.07, 6.45) is 3.41. The number of H-pyrrole nitrogens is 1. The molecule has 0 radical (unpaired) electrons. The molecule has 0 spiro atoms. The Kier molecular flexibility index (Phi) is 4.03. The maximum Gasteiger partial charge on any atom is 0.129 e. The SMILES string of the molecule is Cc1ccc(OCc2ccccc2)c2c(C3CCN(C)C3)c[nH]c12. The molecule has 1 N–H and O–H groups in total. The van der Waals surface area contributed by atoms with Gasteiger partial charge < -0.3 is 14.6 Å². The average molecular weight is 320 g/mol. The van der Waals surface area contributed by atoms with Gasteiger partial charge >= 0.3 is 0 Å². The predicted octanol–water partition coefficient (Wildman–Crippen LogP) is 4.47.